The van der Waals surface area contributed by atoms with Gasteiger partial charge in [-0.05, 0) is 54.1 Å². The summed E-state index contributed by atoms with van der Waals surface area (Å²) in [6.45, 7) is -3.00. The van der Waals surface area contributed by atoms with E-state index in [1.165, 1.54) is 60.5 Å². The van der Waals surface area contributed by atoms with Crippen molar-refractivity contribution in [3.63, 3.8) is 0 Å². The third kappa shape index (κ3) is 6.96. The van der Waals surface area contributed by atoms with Crippen molar-refractivity contribution >= 4 is 51.9 Å². The van der Waals surface area contributed by atoms with Crippen molar-refractivity contribution in [2.75, 3.05) is 23.1 Å². The highest BCUT2D eigenvalue weighted by Crippen LogP contribution is 2.31. The number of ether oxygens (including phenoxy) is 2. The van der Waals surface area contributed by atoms with E-state index < -0.39 is 23.3 Å². The molecule has 0 aliphatic carbocycles. The van der Waals surface area contributed by atoms with Crippen LogP contribution in [0.5, 0.6) is 11.5 Å². The summed E-state index contributed by atoms with van der Waals surface area (Å²) in [6, 6.07) is 17.8. The van der Waals surface area contributed by atoms with Gasteiger partial charge in [-0.1, -0.05) is 30.0 Å². The van der Waals surface area contributed by atoms with Crippen molar-refractivity contribution in [1.29, 1.82) is 0 Å². The maximum atomic E-state index is 13.3. The number of amides is 2. The van der Waals surface area contributed by atoms with Gasteiger partial charge in [0, 0.05) is 17.8 Å². The fourth-order valence-electron chi connectivity index (χ4n) is 3.48. The van der Waals surface area contributed by atoms with E-state index in [0.717, 1.165) is 11.8 Å². The maximum absolute atomic E-state index is 13.3. The van der Waals surface area contributed by atoms with E-state index in [2.05, 4.69) is 15.0 Å². The molecule has 3 aromatic carbocycles. The minimum Gasteiger partial charge on any atom is -0.497 e. The van der Waals surface area contributed by atoms with Crippen molar-refractivity contribution in [2.45, 2.75) is 6.61 Å². The molecule has 39 heavy (non-hydrogen) atoms. The second-order valence-electron chi connectivity index (χ2n) is 7.85. The lowest BCUT2D eigenvalue weighted by Gasteiger charge is -2.18. The third-order valence-corrected chi connectivity index (χ3v) is 6.18. The molecule has 200 valence electrons. The van der Waals surface area contributed by atoms with Crippen LogP contribution >= 0.6 is 11.8 Å². The van der Waals surface area contributed by atoms with Crippen LogP contribution in [0.25, 0.3) is 6.08 Å². The van der Waals surface area contributed by atoms with Gasteiger partial charge in [0.15, 0.2) is 5.17 Å². The number of hydrogen-bond acceptors (Lipinski definition) is 8. The van der Waals surface area contributed by atoms with Gasteiger partial charge in [0.2, 0.25) is 5.91 Å². The maximum Gasteiger partial charge on any atom is 0.387 e. The molecule has 4 rings (SSSR count). The molecule has 0 saturated heterocycles. The van der Waals surface area contributed by atoms with E-state index in [1.54, 1.807) is 30.3 Å². The molecule has 0 fully saturated rings. The molecular formula is C26H20F2N4O6S. The molecule has 1 aliphatic rings. The number of nitro groups is 1. The first-order valence-electron chi connectivity index (χ1n) is 11.2. The molecular weight excluding hydrogens is 534 g/mol. The number of alkyl halides is 2. The Kier molecular flexibility index (Phi) is 8.51. The molecule has 13 heteroatoms. The Hall–Kier alpha value is -4.78. The van der Waals surface area contributed by atoms with Crippen molar-refractivity contribution in [3.05, 3.63) is 94.2 Å². The molecule has 0 aromatic heterocycles. The number of carbonyl (C=O) groups is 2. The number of rotatable bonds is 9. The van der Waals surface area contributed by atoms with Crippen LogP contribution in [0.3, 0.4) is 0 Å². The Labute approximate surface area is 225 Å². The van der Waals surface area contributed by atoms with Crippen LogP contribution in [0.15, 0.2) is 83.5 Å². The molecule has 1 N–H and O–H groups in total. The first-order chi connectivity index (χ1) is 18.7. The minimum atomic E-state index is -3.00. The van der Waals surface area contributed by atoms with Crippen LogP contribution in [0.2, 0.25) is 0 Å². The van der Waals surface area contributed by atoms with Gasteiger partial charge >= 0.3 is 6.61 Å². The van der Waals surface area contributed by atoms with Gasteiger partial charge in [-0.2, -0.15) is 8.78 Å². The summed E-state index contributed by atoms with van der Waals surface area (Å²) in [5.41, 5.74) is 1.16. The van der Waals surface area contributed by atoms with E-state index in [0.29, 0.717) is 17.0 Å². The Morgan fingerprint density at radius 2 is 1.82 bits per heavy atom. The fourth-order valence-corrected chi connectivity index (χ4v) is 4.29. The number of carbonyl (C=O) groups excluding carboxylic acids is 2. The molecule has 1 aliphatic heterocycles. The molecule has 0 saturated carbocycles. The van der Waals surface area contributed by atoms with E-state index >= 15 is 0 Å². The standard InChI is InChI=1S/C26H20F2N4O6S/c1-37-20-9-5-16(6-10-20)13-22-24(34)31(18-7-11-21(12-8-18)38-25(27)28)26(30-22)39-15-23(33)29-17-3-2-4-19(14-17)32(35)36/h2-14,25H,15H2,1H3,(H,29,33)/b22-13-. The molecule has 0 spiro atoms. The third-order valence-electron chi connectivity index (χ3n) is 5.24. The normalized spacial score (nSPS) is 13.9. The Morgan fingerprint density at radius 3 is 2.46 bits per heavy atom. The topological polar surface area (TPSA) is 123 Å². The van der Waals surface area contributed by atoms with Gasteiger partial charge < -0.3 is 14.8 Å². The van der Waals surface area contributed by atoms with Crippen molar-refractivity contribution in [1.82, 2.24) is 0 Å². The summed E-state index contributed by atoms with van der Waals surface area (Å²) in [4.78, 5) is 42.0. The number of amidine groups is 1. The summed E-state index contributed by atoms with van der Waals surface area (Å²) in [5.74, 6) is -0.596. The van der Waals surface area contributed by atoms with E-state index in [4.69, 9.17) is 4.74 Å². The molecule has 2 amide bonds. The van der Waals surface area contributed by atoms with Gasteiger partial charge in [0.05, 0.1) is 23.5 Å². The zero-order valence-corrected chi connectivity index (χ0v) is 21.1. The van der Waals surface area contributed by atoms with Crippen molar-refractivity contribution in [2.24, 2.45) is 4.99 Å². The number of hydrogen-bond donors (Lipinski definition) is 1. The smallest absolute Gasteiger partial charge is 0.387 e. The van der Waals surface area contributed by atoms with Crippen LogP contribution in [0.4, 0.5) is 25.8 Å². The number of thioether (sulfide) groups is 1. The lowest BCUT2D eigenvalue weighted by molar-refractivity contribution is -0.384. The summed E-state index contributed by atoms with van der Waals surface area (Å²) >= 11 is 0.961. The molecule has 3 aromatic rings. The van der Waals surface area contributed by atoms with E-state index in [1.807, 2.05) is 0 Å². The first-order valence-corrected chi connectivity index (χ1v) is 12.2. The SMILES string of the molecule is COc1ccc(/C=C2\N=C(SCC(=O)Nc3cccc([N+](=O)[O-])c3)N(c3ccc(OC(F)F)cc3)C2=O)cc1. The number of halogens is 2. The fraction of sp³-hybridized carbons (Fsp3) is 0.115. The molecule has 1 heterocycles. The van der Waals surface area contributed by atoms with Crippen LogP contribution in [-0.2, 0) is 9.59 Å². The second kappa shape index (κ2) is 12.2. The number of anilines is 2. The highest BCUT2D eigenvalue weighted by Gasteiger charge is 2.32. The van der Waals surface area contributed by atoms with Gasteiger partial charge in [-0.3, -0.25) is 24.6 Å². The van der Waals surface area contributed by atoms with Crippen LogP contribution in [0, 0.1) is 10.1 Å². The largest absolute Gasteiger partial charge is 0.497 e. The predicted octanol–water partition coefficient (Wildman–Crippen LogP) is 5.32. The quantitative estimate of drug-likeness (QED) is 0.216. The average Bonchev–Trinajstić information content (AvgIpc) is 3.22. The lowest BCUT2D eigenvalue weighted by Crippen LogP contribution is -2.31. The Bertz CT molecular complexity index is 1450. The Balaban J connectivity index is 1.56. The zero-order chi connectivity index (χ0) is 27.9. The summed E-state index contributed by atoms with van der Waals surface area (Å²) in [5, 5.41) is 13.7. The lowest BCUT2D eigenvalue weighted by atomic mass is 10.2. The number of non-ortho nitro benzene ring substituents is 1. The Morgan fingerprint density at radius 1 is 1.13 bits per heavy atom. The van der Waals surface area contributed by atoms with Gasteiger partial charge in [-0.25, -0.2) is 4.99 Å². The zero-order valence-electron chi connectivity index (χ0n) is 20.2. The van der Waals surface area contributed by atoms with Crippen LogP contribution in [0.1, 0.15) is 5.56 Å². The van der Waals surface area contributed by atoms with E-state index in [-0.39, 0.29) is 33.7 Å². The summed E-state index contributed by atoms with van der Waals surface area (Å²) in [7, 11) is 1.53. The highest BCUT2D eigenvalue weighted by atomic mass is 32.2. The molecule has 0 bridgehead atoms. The predicted molar refractivity (Wildman–Crippen MR) is 143 cm³/mol. The van der Waals surface area contributed by atoms with Crippen LogP contribution in [-0.4, -0.2) is 41.4 Å². The van der Waals surface area contributed by atoms with Gasteiger partial charge in [0.25, 0.3) is 11.6 Å². The van der Waals surface area contributed by atoms with E-state index in [9.17, 15) is 28.5 Å². The monoisotopic (exact) mass is 554 g/mol. The number of nitrogens with one attached hydrogen (secondary N) is 1. The molecule has 0 atom stereocenters. The summed E-state index contributed by atoms with van der Waals surface area (Å²) < 4.78 is 34.6. The number of methoxy groups -OCH3 is 1. The van der Waals surface area contributed by atoms with Gasteiger partial charge in [0.1, 0.15) is 17.2 Å². The minimum absolute atomic E-state index is 0.0862. The van der Waals surface area contributed by atoms with Crippen molar-refractivity contribution in [3.8, 4) is 11.5 Å². The molecule has 0 radical (unpaired) electrons. The number of nitro benzene ring substituents is 1. The molecule has 0 unspecified atom stereocenters. The number of nitrogens with zero attached hydrogens (tertiary/aromatic N) is 3. The average molecular weight is 555 g/mol. The van der Waals surface area contributed by atoms with Crippen molar-refractivity contribution < 1.29 is 32.8 Å². The van der Waals surface area contributed by atoms with Crippen LogP contribution < -0.4 is 19.7 Å². The van der Waals surface area contributed by atoms with Gasteiger partial charge in [-0.15, -0.1) is 0 Å². The molecule has 10 nitrogen and oxygen atoms in total. The number of aliphatic imine (C=N–C) groups is 1. The summed E-state index contributed by atoms with van der Waals surface area (Å²) in [6.07, 6.45) is 1.57. The number of benzene rings is 3. The highest BCUT2D eigenvalue weighted by molar-refractivity contribution is 8.14. The first kappa shape index (κ1) is 27.3. The second-order valence-corrected chi connectivity index (χ2v) is 8.80.